The monoisotopic (exact) mass is 613 g/mol. The van der Waals surface area contributed by atoms with E-state index in [0.717, 1.165) is 66.5 Å². The van der Waals surface area contributed by atoms with Crippen LogP contribution in [0, 0.1) is 0 Å². The molecule has 0 aliphatic rings. The highest BCUT2D eigenvalue weighted by molar-refractivity contribution is 6.19. The molecule has 0 radical (unpaired) electrons. The molecule has 10 aromatic rings. The number of hydrogen-bond acceptors (Lipinski definition) is 3. The van der Waals surface area contributed by atoms with Crippen LogP contribution in [0.3, 0.4) is 0 Å². The van der Waals surface area contributed by atoms with Crippen LogP contribution in [0.25, 0.3) is 94.1 Å². The molecule has 4 heteroatoms. The molecule has 0 saturated carbocycles. The van der Waals surface area contributed by atoms with Crippen molar-refractivity contribution in [3.8, 4) is 39.6 Å². The van der Waals surface area contributed by atoms with Gasteiger partial charge in [0.1, 0.15) is 11.2 Å². The predicted octanol–water partition coefficient (Wildman–Crippen LogP) is 11.6. The second-order valence-corrected chi connectivity index (χ2v) is 12.2. The van der Waals surface area contributed by atoms with Gasteiger partial charge in [-0.25, -0.2) is 9.97 Å². The van der Waals surface area contributed by atoms with Gasteiger partial charge in [-0.2, -0.15) is 0 Å². The number of para-hydroxylation sites is 3. The van der Waals surface area contributed by atoms with Crippen molar-refractivity contribution in [1.29, 1.82) is 0 Å². The summed E-state index contributed by atoms with van der Waals surface area (Å²) in [6.45, 7) is 0. The molecule has 0 N–H and O–H groups in total. The summed E-state index contributed by atoms with van der Waals surface area (Å²) in [6.07, 6.45) is 0. The van der Waals surface area contributed by atoms with E-state index >= 15 is 0 Å². The molecule has 0 fully saturated rings. The average molecular weight is 614 g/mol. The highest BCUT2D eigenvalue weighted by atomic mass is 16.3. The minimum atomic E-state index is 0.670. The van der Waals surface area contributed by atoms with Crippen LogP contribution in [0.5, 0.6) is 0 Å². The third kappa shape index (κ3) is 4.10. The molecule has 0 atom stereocenters. The van der Waals surface area contributed by atoms with Crippen LogP contribution in [0.4, 0.5) is 0 Å². The van der Waals surface area contributed by atoms with E-state index in [1.165, 1.54) is 21.8 Å². The summed E-state index contributed by atoms with van der Waals surface area (Å²) in [5.41, 5.74) is 9.97. The first-order valence-corrected chi connectivity index (χ1v) is 16.2. The maximum Gasteiger partial charge on any atom is 0.160 e. The van der Waals surface area contributed by atoms with E-state index in [9.17, 15) is 0 Å². The summed E-state index contributed by atoms with van der Waals surface area (Å²) in [5.74, 6) is 0.670. The number of benzene rings is 7. The molecular weight excluding hydrogens is 587 g/mol. The van der Waals surface area contributed by atoms with E-state index in [4.69, 9.17) is 14.4 Å². The van der Waals surface area contributed by atoms with Crippen molar-refractivity contribution in [1.82, 2.24) is 14.5 Å². The van der Waals surface area contributed by atoms with Crippen LogP contribution >= 0.6 is 0 Å². The number of rotatable bonds is 4. The first-order valence-electron chi connectivity index (χ1n) is 16.2. The second kappa shape index (κ2) is 10.5. The van der Waals surface area contributed by atoms with Crippen molar-refractivity contribution in [3.05, 3.63) is 164 Å². The number of fused-ring (bicyclic) bond motifs is 8. The third-order valence-corrected chi connectivity index (χ3v) is 9.40. The summed E-state index contributed by atoms with van der Waals surface area (Å²) in [4.78, 5) is 10.3. The van der Waals surface area contributed by atoms with Crippen LogP contribution in [0.2, 0.25) is 0 Å². The zero-order valence-corrected chi connectivity index (χ0v) is 25.8. The Bertz CT molecular complexity index is 2720. The lowest BCUT2D eigenvalue weighted by Gasteiger charge is -2.14. The Hall–Kier alpha value is -6.52. The zero-order chi connectivity index (χ0) is 31.6. The average Bonchev–Trinajstić information content (AvgIpc) is 3.71. The molecule has 0 spiro atoms. The van der Waals surface area contributed by atoms with Gasteiger partial charge in [-0.15, -0.1) is 0 Å². The Balaban J connectivity index is 1.29. The quantitative estimate of drug-likeness (QED) is 0.198. The van der Waals surface area contributed by atoms with Crippen LogP contribution in [-0.4, -0.2) is 14.5 Å². The topological polar surface area (TPSA) is 43.9 Å². The molecule has 3 aromatic heterocycles. The normalized spacial score (nSPS) is 11.8. The van der Waals surface area contributed by atoms with Gasteiger partial charge in [0.15, 0.2) is 5.82 Å². The fourth-order valence-electron chi connectivity index (χ4n) is 7.17. The smallest absolute Gasteiger partial charge is 0.160 e. The Morgan fingerprint density at radius 2 is 0.938 bits per heavy atom. The maximum atomic E-state index is 6.64. The minimum Gasteiger partial charge on any atom is -0.455 e. The van der Waals surface area contributed by atoms with Gasteiger partial charge >= 0.3 is 0 Å². The van der Waals surface area contributed by atoms with Gasteiger partial charge < -0.3 is 8.98 Å². The molecule has 0 saturated heterocycles. The van der Waals surface area contributed by atoms with Gasteiger partial charge in [0.05, 0.1) is 28.1 Å². The van der Waals surface area contributed by atoms with Crippen molar-refractivity contribution < 1.29 is 4.42 Å². The molecule has 0 aliphatic heterocycles. The van der Waals surface area contributed by atoms with E-state index in [1.54, 1.807) is 0 Å². The van der Waals surface area contributed by atoms with Crippen molar-refractivity contribution in [2.24, 2.45) is 0 Å². The summed E-state index contributed by atoms with van der Waals surface area (Å²) in [5, 5.41) is 6.75. The van der Waals surface area contributed by atoms with E-state index in [1.807, 2.05) is 48.5 Å². The van der Waals surface area contributed by atoms with Gasteiger partial charge in [-0.3, -0.25) is 0 Å². The van der Waals surface area contributed by atoms with Crippen molar-refractivity contribution >= 4 is 54.5 Å². The van der Waals surface area contributed by atoms with E-state index in [0.29, 0.717) is 5.82 Å². The van der Waals surface area contributed by atoms with Crippen LogP contribution in [0.15, 0.2) is 168 Å². The Kier molecular flexibility index (Phi) is 5.84. The summed E-state index contributed by atoms with van der Waals surface area (Å²) < 4.78 is 9.04. The van der Waals surface area contributed by atoms with Gasteiger partial charge in [0.2, 0.25) is 0 Å². The Morgan fingerprint density at radius 1 is 0.396 bits per heavy atom. The van der Waals surface area contributed by atoms with Crippen LogP contribution in [-0.2, 0) is 0 Å². The predicted molar refractivity (Wildman–Crippen MR) is 197 cm³/mol. The molecule has 7 aromatic carbocycles. The molecule has 0 aliphatic carbocycles. The minimum absolute atomic E-state index is 0.670. The molecule has 0 bridgehead atoms. The molecule has 0 unspecified atom stereocenters. The number of nitrogens with zero attached hydrogens (tertiary/aromatic N) is 3. The molecule has 3 heterocycles. The molecule has 48 heavy (non-hydrogen) atoms. The number of aromatic nitrogens is 3. The first kappa shape index (κ1) is 26.7. The number of hydrogen-bond donors (Lipinski definition) is 0. The van der Waals surface area contributed by atoms with E-state index < -0.39 is 0 Å². The third-order valence-electron chi connectivity index (χ3n) is 9.40. The molecule has 0 amide bonds. The fourth-order valence-corrected chi connectivity index (χ4v) is 7.17. The van der Waals surface area contributed by atoms with Crippen molar-refractivity contribution in [2.45, 2.75) is 0 Å². The lowest BCUT2D eigenvalue weighted by Crippen LogP contribution is -1.98. The maximum absolute atomic E-state index is 6.64. The zero-order valence-electron chi connectivity index (χ0n) is 25.8. The standard InChI is InChI=1S/C44H27N3O/c1-3-13-28(14-4-1)37-27-38(29-15-5-2-6-16-29)46-44(45-37)30-23-24-33-35(25-30)43-36(34-19-9-12-22-42(34)48-43)26-41(33)47-39-20-10-7-17-31(39)32-18-8-11-21-40(32)47/h1-27H. The van der Waals surface area contributed by atoms with E-state index in [-0.39, 0.29) is 0 Å². The highest BCUT2D eigenvalue weighted by Gasteiger charge is 2.20. The van der Waals surface area contributed by atoms with Gasteiger partial charge in [-0.05, 0) is 36.4 Å². The summed E-state index contributed by atoms with van der Waals surface area (Å²) >= 11 is 0. The molecule has 4 nitrogen and oxygen atoms in total. The Morgan fingerprint density at radius 3 is 1.58 bits per heavy atom. The molecular formula is C44H27N3O. The molecule has 10 rings (SSSR count). The van der Waals surface area contributed by atoms with E-state index in [2.05, 4.69) is 120 Å². The largest absolute Gasteiger partial charge is 0.455 e. The van der Waals surface area contributed by atoms with Gasteiger partial charge in [0.25, 0.3) is 0 Å². The van der Waals surface area contributed by atoms with Gasteiger partial charge in [0, 0.05) is 49.0 Å². The van der Waals surface area contributed by atoms with Gasteiger partial charge in [-0.1, -0.05) is 127 Å². The van der Waals surface area contributed by atoms with Crippen LogP contribution in [0.1, 0.15) is 0 Å². The lowest BCUT2D eigenvalue weighted by atomic mass is 10.0. The lowest BCUT2D eigenvalue weighted by molar-refractivity contribution is 0.672. The highest BCUT2D eigenvalue weighted by Crippen LogP contribution is 2.42. The summed E-state index contributed by atoms with van der Waals surface area (Å²) in [7, 11) is 0. The Labute approximate surface area is 276 Å². The number of furan rings is 1. The fraction of sp³-hybridized carbons (Fsp3) is 0. The first-order chi connectivity index (χ1) is 23.8. The second-order valence-electron chi connectivity index (χ2n) is 12.2. The molecule has 224 valence electrons. The van der Waals surface area contributed by atoms with Crippen LogP contribution < -0.4 is 0 Å². The summed E-state index contributed by atoms with van der Waals surface area (Å²) in [6, 6.07) is 57.1. The van der Waals surface area contributed by atoms with Crippen molar-refractivity contribution in [3.63, 3.8) is 0 Å². The van der Waals surface area contributed by atoms with Crippen molar-refractivity contribution in [2.75, 3.05) is 0 Å². The SMILES string of the molecule is c1ccc(-c2cc(-c3ccccc3)nc(-c3ccc4c(-n5c6ccccc6c6ccccc65)cc5c6ccccc6oc5c4c3)n2)cc1.